The first-order valence-electron chi connectivity index (χ1n) is 9.93. The van der Waals surface area contributed by atoms with Crippen molar-refractivity contribution in [3.05, 3.63) is 39.6 Å². The van der Waals surface area contributed by atoms with E-state index in [-0.39, 0.29) is 0 Å². The summed E-state index contributed by atoms with van der Waals surface area (Å²) in [7, 11) is 0. The average Bonchev–Trinajstić information content (AvgIpc) is 3.07. The fourth-order valence-corrected chi connectivity index (χ4v) is 5.41. The highest BCUT2D eigenvalue weighted by Crippen LogP contribution is 2.46. The van der Waals surface area contributed by atoms with E-state index in [0.717, 1.165) is 60.4 Å². The molecule has 0 radical (unpaired) electrons. The number of hydrogen-bond donors (Lipinski definition) is 1. The summed E-state index contributed by atoms with van der Waals surface area (Å²) in [6.45, 7) is 3.62. The van der Waals surface area contributed by atoms with Crippen molar-refractivity contribution in [1.82, 2.24) is 10.5 Å². The summed E-state index contributed by atoms with van der Waals surface area (Å²) in [6.07, 6.45) is 4.90. The maximum absolute atomic E-state index is 6.43. The molecule has 0 bridgehead atoms. The lowest BCUT2D eigenvalue weighted by Gasteiger charge is -2.18. The Morgan fingerprint density at radius 1 is 1.11 bits per heavy atom. The van der Waals surface area contributed by atoms with Crippen LogP contribution in [0.15, 0.2) is 22.7 Å². The van der Waals surface area contributed by atoms with E-state index < -0.39 is 0 Å². The molecule has 0 amide bonds. The lowest BCUT2D eigenvalue weighted by Crippen LogP contribution is -2.20. The normalized spacial score (nSPS) is 27.3. The van der Waals surface area contributed by atoms with Crippen LogP contribution in [0.5, 0.6) is 0 Å². The van der Waals surface area contributed by atoms with Crippen molar-refractivity contribution in [3.8, 4) is 11.3 Å². The van der Waals surface area contributed by atoms with Gasteiger partial charge in [0, 0.05) is 17.0 Å². The van der Waals surface area contributed by atoms with Gasteiger partial charge in [-0.25, -0.2) is 0 Å². The monoisotopic (exact) mass is 406 g/mol. The maximum atomic E-state index is 6.43. The van der Waals surface area contributed by atoms with E-state index in [1.165, 1.54) is 19.4 Å². The Hall–Kier alpha value is -1.07. The SMILES string of the molecule is Clc1cccc(Cl)c1-c1noc(C2CC2)c1COCC1CCC2CNCC21. The van der Waals surface area contributed by atoms with Crippen LogP contribution in [0.25, 0.3) is 11.3 Å². The second kappa shape index (κ2) is 7.40. The molecule has 2 saturated carbocycles. The minimum absolute atomic E-state index is 0.459. The molecule has 1 aromatic heterocycles. The second-order valence-electron chi connectivity index (χ2n) is 8.18. The van der Waals surface area contributed by atoms with E-state index >= 15 is 0 Å². The second-order valence-corrected chi connectivity index (χ2v) is 8.99. The van der Waals surface area contributed by atoms with Crippen molar-refractivity contribution in [1.29, 1.82) is 0 Å². The highest BCUT2D eigenvalue weighted by molar-refractivity contribution is 6.39. The van der Waals surface area contributed by atoms with E-state index in [1.807, 2.05) is 18.2 Å². The fraction of sp³-hybridized carbons (Fsp3) is 0.571. The zero-order chi connectivity index (χ0) is 18.4. The van der Waals surface area contributed by atoms with Crippen LogP contribution in [-0.2, 0) is 11.3 Å². The zero-order valence-electron chi connectivity index (χ0n) is 15.2. The molecule has 1 aromatic carbocycles. The summed E-state index contributed by atoms with van der Waals surface area (Å²) in [5.41, 5.74) is 2.50. The smallest absolute Gasteiger partial charge is 0.145 e. The van der Waals surface area contributed by atoms with Gasteiger partial charge in [0.05, 0.1) is 23.3 Å². The molecular formula is C21H24Cl2N2O2. The third-order valence-electron chi connectivity index (χ3n) is 6.45. The van der Waals surface area contributed by atoms with Gasteiger partial charge in [-0.1, -0.05) is 34.4 Å². The molecule has 0 spiro atoms. The number of halogens is 2. The minimum Gasteiger partial charge on any atom is -0.376 e. The van der Waals surface area contributed by atoms with E-state index in [1.54, 1.807) is 0 Å². The number of fused-ring (bicyclic) bond motifs is 1. The molecule has 1 N–H and O–H groups in total. The molecule has 3 fully saturated rings. The van der Waals surface area contributed by atoms with Gasteiger partial charge in [-0.3, -0.25) is 0 Å². The number of hydrogen-bond acceptors (Lipinski definition) is 4. The minimum atomic E-state index is 0.459. The molecule has 27 heavy (non-hydrogen) atoms. The molecule has 1 aliphatic heterocycles. The van der Waals surface area contributed by atoms with Crippen LogP contribution in [0.1, 0.15) is 42.9 Å². The topological polar surface area (TPSA) is 47.3 Å². The van der Waals surface area contributed by atoms with Gasteiger partial charge in [-0.15, -0.1) is 0 Å². The largest absolute Gasteiger partial charge is 0.376 e. The molecule has 3 unspecified atom stereocenters. The predicted octanol–water partition coefficient (Wildman–Crippen LogP) is 5.29. The lowest BCUT2D eigenvalue weighted by molar-refractivity contribution is 0.0735. The van der Waals surface area contributed by atoms with Gasteiger partial charge < -0.3 is 14.6 Å². The Balaban J connectivity index is 1.36. The molecule has 3 aliphatic rings. The summed E-state index contributed by atoms with van der Waals surface area (Å²) < 4.78 is 11.9. The van der Waals surface area contributed by atoms with Crippen LogP contribution in [-0.4, -0.2) is 24.9 Å². The van der Waals surface area contributed by atoms with Crippen LogP contribution in [0.3, 0.4) is 0 Å². The van der Waals surface area contributed by atoms with Gasteiger partial charge in [-0.2, -0.15) is 0 Å². The van der Waals surface area contributed by atoms with Crippen molar-refractivity contribution in [2.45, 2.75) is 38.2 Å². The van der Waals surface area contributed by atoms with E-state index in [2.05, 4.69) is 10.5 Å². The summed E-state index contributed by atoms with van der Waals surface area (Å²) >= 11 is 12.9. The predicted molar refractivity (Wildman–Crippen MR) is 106 cm³/mol. The molecule has 2 heterocycles. The number of benzene rings is 1. The standard InChI is InChI=1S/C21H24Cl2N2O2/c22-17-2-1-3-18(23)19(17)20-16(21(27-25-20)12-4-5-12)11-26-10-14-7-6-13-8-24-9-15(13)14/h1-3,12-15,24H,4-11H2. The maximum Gasteiger partial charge on any atom is 0.145 e. The fourth-order valence-electron chi connectivity index (χ4n) is 4.83. The zero-order valence-corrected chi connectivity index (χ0v) is 16.7. The number of rotatable bonds is 6. The molecule has 3 atom stereocenters. The van der Waals surface area contributed by atoms with Crippen molar-refractivity contribution in [2.24, 2.45) is 17.8 Å². The number of ether oxygens (including phenoxy) is 1. The first-order valence-corrected chi connectivity index (χ1v) is 10.7. The van der Waals surface area contributed by atoms with Gasteiger partial charge in [0.15, 0.2) is 0 Å². The van der Waals surface area contributed by atoms with E-state index in [9.17, 15) is 0 Å². The third-order valence-corrected chi connectivity index (χ3v) is 7.08. The van der Waals surface area contributed by atoms with Crippen LogP contribution in [0.4, 0.5) is 0 Å². The first-order chi connectivity index (χ1) is 13.2. The Kier molecular flexibility index (Phi) is 4.93. The Morgan fingerprint density at radius 2 is 1.93 bits per heavy atom. The Morgan fingerprint density at radius 3 is 2.70 bits per heavy atom. The molecule has 1 saturated heterocycles. The highest BCUT2D eigenvalue weighted by Gasteiger charge is 2.39. The summed E-state index contributed by atoms with van der Waals surface area (Å²) in [5, 5.41) is 9.05. The van der Waals surface area contributed by atoms with Crippen molar-refractivity contribution in [3.63, 3.8) is 0 Å². The van der Waals surface area contributed by atoms with Gasteiger partial charge in [0.1, 0.15) is 11.5 Å². The average molecular weight is 407 g/mol. The number of nitrogens with zero attached hydrogens (tertiary/aromatic N) is 1. The quantitative estimate of drug-likeness (QED) is 0.707. The van der Waals surface area contributed by atoms with Crippen molar-refractivity contribution in [2.75, 3.05) is 19.7 Å². The van der Waals surface area contributed by atoms with Crippen LogP contribution >= 0.6 is 23.2 Å². The lowest BCUT2D eigenvalue weighted by atomic mass is 9.93. The van der Waals surface area contributed by atoms with E-state index in [4.69, 9.17) is 32.5 Å². The molecule has 5 rings (SSSR count). The molecule has 2 aromatic rings. The molecule has 144 valence electrons. The van der Waals surface area contributed by atoms with Crippen LogP contribution in [0, 0.1) is 17.8 Å². The Labute approximate surface area is 169 Å². The summed E-state index contributed by atoms with van der Waals surface area (Å²) in [6, 6.07) is 5.52. The molecular weight excluding hydrogens is 383 g/mol. The Bertz CT molecular complexity index is 813. The molecule has 2 aliphatic carbocycles. The molecule has 6 heteroatoms. The summed E-state index contributed by atoms with van der Waals surface area (Å²) in [4.78, 5) is 0. The third kappa shape index (κ3) is 3.42. The number of nitrogens with one attached hydrogen (secondary N) is 1. The van der Waals surface area contributed by atoms with Crippen molar-refractivity contribution < 1.29 is 9.26 Å². The van der Waals surface area contributed by atoms with Crippen molar-refractivity contribution >= 4 is 23.2 Å². The first kappa shape index (κ1) is 18.0. The van der Waals surface area contributed by atoms with Gasteiger partial charge in [0.2, 0.25) is 0 Å². The highest BCUT2D eigenvalue weighted by atomic mass is 35.5. The van der Waals surface area contributed by atoms with Gasteiger partial charge in [-0.05, 0) is 68.7 Å². The number of aromatic nitrogens is 1. The molecule has 4 nitrogen and oxygen atoms in total. The summed E-state index contributed by atoms with van der Waals surface area (Å²) in [5.74, 6) is 3.68. The van der Waals surface area contributed by atoms with E-state index in [0.29, 0.717) is 28.5 Å². The van der Waals surface area contributed by atoms with Gasteiger partial charge >= 0.3 is 0 Å². The van der Waals surface area contributed by atoms with Crippen LogP contribution < -0.4 is 5.32 Å². The van der Waals surface area contributed by atoms with Gasteiger partial charge in [0.25, 0.3) is 0 Å². The van der Waals surface area contributed by atoms with Crippen LogP contribution in [0.2, 0.25) is 10.0 Å².